The molecule has 0 bridgehead atoms. The number of halogens is 1. The summed E-state index contributed by atoms with van der Waals surface area (Å²) in [5.74, 6) is 0.150. The topological polar surface area (TPSA) is 115 Å². The summed E-state index contributed by atoms with van der Waals surface area (Å²) >= 11 is 6.49. The highest BCUT2D eigenvalue weighted by molar-refractivity contribution is 6.33. The van der Waals surface area contributed by atoms with E-state index in [1.807, 2.05) is 49.5 Å². The Balaban J connectivity index is 1.17. The quantitative estimate of drug-likeness (QED) is 0.185. The van der Waals surface area contributed by atoms with Gasteiger partial charge < -0.3 is 25.8 Å². The predicted octanol–water partition coefficient (Wildman–Crippen LogP) is 5.94. The number of H-pyrrole nitrogens is 1. The van der Waals surface area contributed by atoms with Crippen LogP contribution >= 0.6 is 11.6 Å². The monoisotopic (exact) mass is 571 g/mol. The lowest BCUT2D eigenvalue weighted by Crippen LogP contribution is -2.34. The molecule has 0 aliphatic heterocycles. The van der Waals surface area contributed by atoms with Gasteiger partial charge in [0.1, 0.15) is 0 Å². The average molecular weight is 572 g/mol. The van der Waals surface area contributed by atoms with Gasteiger partial charge in [-0.3, -0.25) is 9.59 Å². The van der Waals surface area contributed by atoms with Crippen molar-refractivity contribution in [1.82, 2.24) is 19.9 Å². The van der Waals surface area contributed by atoms with Gasteiger partial charge in [0.2, 0.25) is 17.8 Å². The lowest BCUT2D eigenvalue weighted by atomic mass is 9.85. The number of aromatic nitrogens is 3. The van der Waals surface area contributed by atoms with Crippen molar-refractivity contribution >= 4 is 51.6 Å². The van der Waals surface area contributed by atoms with Crippen molar-refractivity contribution in [3.05, 3.63) is 78.1 Å². The third-order valence-electron chi connectivity index (χ3n) is 7.13. The summed E-state index contributed by atoms with van der Waals surface area (Å²) in [6.45, 7) is 0.689. The smallest absolute Gasteiger partial charge is 0.248 e. The summed E-state index contributed by atoms with van der Waals surface area (Å²) in [5, 5.41) is 10.8. The molecule has 0 radical (unpaired) electrons. The first-order valence-electron chi connectivity index (χ1n) is 13.7. The molecule has 2 heterocycles. The van der Waals surface area contributed by atoms with Crippen LogP contribution in [0.15, 0.2) is 73.1 Å². The number of likely N-dealkylation sites (N-methyl/N-ethyl adjacent to an activating group) is 1. The minimum absolute atomic E-state index is 0.0172. The number of para-hydroxylation sites is 1. The fraction of sp³-hybridized carbons (Fsp3) is 0.290. The standard InChI is InChI=1S/C31H34ClN7O2/c1-39(2)16-6-11-28(40)35-21-12-14-22(15-13-21)36-30(41)20-7-5-8-23(17-20)37-31-34-19-26(32)29(38-31)25-18-33-27-10-4-3-9-24(25)27/h3-4,6,9-15,18-20,23,33H,5,7-8,16-17H2,1-2H3,(H,35,40)(H,36,41)(H,34,37,38). The lowest BCUT2D eigenvalue weighted by molar-refractivity contribution is -0.120. The predicted molar refractivity (Wildman–Crippen MR) is 165 cm³/mol. The molecule has 9 nitrogen and oxygen atoms in total. The Morgan fingerprint density at radius 3 is 2.61 bits per heavy atom. The van der Waals surface area contributed by atoms with Gasteiger partial charge in [0.15, 0.2) is 0 Å². The molecule has 5 rings (SSSR count). The van der Waals surface area contributed by atoms with Gasteiger partial charge in [-0.2, -0.15) is 0 Å². The first-order chi connectivity index (χ1) is 19.9. The highest BCUT2D eigenvalue weighted by Crippen LogP contribution is 2.33. The normalized spacial score (nSPS) is 17.2. The zero-order valence-corrected chi connectivity index (χ0v) is 23.9. The van der Waals surface area contributed by atoms with E-state index in [0.29, 0.717) is 41.0 Å². The summed E-state index contributed by atoms with van der Waals surface area (Å²) in [4.78, 5) is 39.6. The summed E-state index contributed by atoms with van der Waals surface area (Å²) in [5.41, 5.74) is 3.95. The number of hydrogen-bond acceptors (Lipinski definition) is 6. The molecule has 212 valence electrons. The third kappa shape index (κ3) is 7.31. The van der Waals surface area contributed by atoms with Crippen LogP contribution in [0.1, 0.15) is 25.7 Å². The van der Waals surface area contributed by atoms with Crippen LogP contribution < -0.4 is 16.0 Å². The van der Waals surface area contributed by atoms with Crippen LogP contribution in [0, 0.1) is 5.92 Å². The molecule has 1 fully saturated rings. The molecule has 2 atom stereocenters. The molecule has 10 heteroatoms. The highest BCUT2D eigenvalue weighted by Gasteiger charge is 2.28. The minimum atomic E-state index is -0.192. The van der Waals surface area contributed by atoms with Crippen LogP contribution in [0.4, 0.5) is 17.3 Å². The second-order valence-corrected chi connectivity index (χ2v) is 11.0. The van der Waals surface area contributed by atoms with Crippen molar-refractivity contribution in [1.29, 1.82) is 0 Å². The van der Waals surface area contributed by atoms with Crippen molar-refractivity contribution in [3.63, 3.8) is 0 Å². The first kappa shape index (κ1) is 28.3. The molecule has 2 amide bonds. The van der Waals surface area contributed by atoms with E-state index in [2.05, 4.69) is 25.9 Å². The van der Waals surface area contributed by atoms with Crippen molar-refractivity contribution in [3.8, 4) is 11.3 Å². The fourth-order valence-corrected chi connectivity index (χ4v) is 5.26. The second-order valence-electron chi connectivity index (χ2n) is 10.6. The number of anilines is 3. The molecule has 1 aliphatic carbocycles. The van der Waals surface area contributed by atoms with Gasteiger partial charge >= 0.3 is 0 Å². The third-order valence-corrected chi connectivity index (χ3v) is 7.40. The number of aromatic amines is 1. The maximum absolute atomic E-state index is 13.1. The number of rotatable bonds is 9. The zero-order chi connectivity index (χ0) is 28.8. The number of hydrogen-bond donors (Lipinski definition) is 4. The van der Waals surface area contributed by atoms with E-state index in [0.717, 1.165) is 35.7 Å². The van der Waals surface area contributed by atoms with Gasteiger partial charge in [-0.25, -0.2) is 9.97 Å². The maximum Gasteiger partial charge on any atom is 0.248 e. The van der Waals surface area contributed by atoms with Crippen LogP contribution in [0.2, 0.25) is 5.02 Å². The van der Waals surface area contributed by atoms with Gasteiger partial charge in [-0.05, 0) is 63.7 Å². The van der Waals surface area contributed by atoms with Gasteiger partial charge in [0.25, 0.3) is 0 Å². The fourth-order valence-electron chi connectivity index (χ4n) is 5.07. The van der Waals surface area contributed by atoms with Crippen LogP contribution in [0.25, 0.3) is 22.2 Å². The molecule has 1 aliphatic rings. The second kappa shape index (κ2) is 13.0. The van der Waals surface area contributed by atoms with E-state index in [1.54, 1.807) is 36.5 Å². The number of benzene rings is 2. The molecule has 1 saturated carbocycles. The number of amides is 2. The lowest BCUT2D eigenvalue weighted by Gasteiger charge is -2.29. The maximum atomic E-state index is 13.1. The molecule has 2 unspecified atom stereocenters. The van der Waals surface area contributed by atoms with E-state index in [9.17, 15) is 9.59 Å². The number of carbonyl (C=O) groups is 2. The molecule has 4 N–H and O–H groups in total. The van der Waals surface area contributed by atoms with Crippen LogP contribution in [0.5, 0.6) is 0 Å². The van der Waals surface area contributed by atoms with Crippen molar-refractivity contribution in [2.24, 2.45) is 5.92 Å². The molecule has 0 saturated heterocycles. The molecular formula is C31H34ClN7O2. The summed E-state index contributed by atoms with van der Waals surface area (Å²) in [7, 11) is 3.88. The molecule has 0 spiro atoms. The van der Waals surface area contributed by atoms with Gasteiger partial charge in [-0.15, -0.1) is 0 Å². The number of fused-ring (bicyclic) bond motifs is 1. The van der Waals surface area contributed by atoms with Crippen LogP contribution in [-0.2, 0) is 9.59 Å². The molecule has 41 heavy (non-hydrogen) atoms. The van der Waals surface area contributed by atoms with Crippen LogP contribution in [0.3, 0.4) is 0 Å². The largest absolute Gasteiger partial charge is 0.360 e. The molecule has 2 aromatic carbocycles. The number of nitrogens with zero attached hydrogens (tertiary/aromatic N) is 3. The Morgan fingerprint density at radius 1 is 1.07 bits per heavy atom. The highest BCUT2D eigenvalue weighted by atomic mass is 35.5. The summed E-state index contributed by atoms with van der Waals surface area (Å²) < 4.78 is 0. The number of carbonyl (C=O) groups excluding carboxylic acids is 2. The van der Waals surface area contributed by atoms with E-state index in [1.165, 1.54) is 6.08 Å². The van der Waals surface area contributed by atoms with Crippen molar-refractivity contribution in [2.45, 2.75) is 31.7 Å². The first-order valence-corrected chi connectivity index (χ1v) is 14.1. The van der Waals surface area contributed by atoms with E-state index in [4.69, 9.17) is 16.6 Å². The van der Waals surface area contributed by atoms with Gasteiger partial charge in [-0.1, -0.05) is 42.3 Å². The van der Waals surface area contributed by atoms with Gasteiger partial charge in [0.05, 0.1) is 16.9 Å². The Bertz CT molecular complexity index is 1550. The van der Waals surface area contributed by atoms with Crippen molar-refractivity contribution < 1.29 is 9.59 Å². The Kier molecular flexibility index (Phi) is 8.96. The Labute approximate surface area is 244 Å². The zero-order valence-electron chi connectivity index (χ0n) is 23.2. The molecular weight excluding hydrogens is 538 g/mol. The molecule has 4 aromatic rings. The van der Waals surface area contributed by atoms with Gasteiger partial charge in [0, 0.05) is 58.6 Å². The number of nitrogens with one attached hydrogen (secondary N) is 4. The van der Waals surface area contributed by atoms with E-state index in [-0.39, 0.29) is 23.8 Å². The summed E-state index contributed by atoms with van der Waals surface area (Å²) in [6, 6.07) is 15.2. The van der Waals surface area contributed by atoms with Crippen LogP contribution in [-0.4, -0.2) is 58.3 Å². The molecule has 2 aromatic heterocycles. The Hall–Kier alpha value is -4.21. The Morgan fingerprint density at radius 2 is 1.83 bits per heavy atom. The van der Waals surface area contributed by atoms with E-state index >= 15 is 0 Å². The summed E-state index contributed by atoms with van der Waals surface area (Å²) in [6.07, 6.45) is 10.2. The van der Waals surface area contributed by atoms with Crippen molar-refractivity contribution in [2.75, 3.05) is 36.6 Å². The average Bonchev–Trinajstić information content (AvgIpc) is 3.39. The SMILES string of the molecule is CN(C)CC=CC(=O)Nc1ccc(NC(=O)C2CCCC(Nc3ncc(Cl)c(-c4c[nH]c5ccccc45)n3)C2)cc1. The van der Waals surface area contributed by atoms with E-state index < -0.39 is 0 Å². The minimum Gasteiger partial charge on any atom is -0.360 e.